The van der Waals surface area contributed by atoms with Crippen LogP contribution in [0.4, 0.5) is 4.79 Å². The van der Waals surface area contributed by atoms with Crippen molar-refractivity contribution in [2.24, 2.45) is 5.11 Å². The molecule has 1 rings (SSSR count). The van der Waals surface area contributed by atoms with E-state index < -0.39 is 34.0 Å². The summed E-state index contributed by atoms with van der Waals surface area (Å²) in [5, 5.41) is 3.44. The topological polar surface area (TPSA) is 122 Å². The zero-order chi connectivity index (χ0) is 16.3. The molecule has 0 saturated carbocycles. The minimum atomic E-state index is -3.62. The van der Waals surface area contributed by atoms with Gasteiger partial charge in [0.05, 0.1) is 18.9 Å². The van der Waals surface area contributed by atoms with Gasteiger partial charge in [-0.25, -0.2) is 4.79 Å². The predicted octanol–water partition coefficient (Wildman–Crippen LogP) is 1.65. The van der Waals surface area contributed by atoms with Crippen LogP contribution in [0.1, 0.15) is 27.2 Å². The molecule has 1 amide bonds. The largest absolute Gasteiger partial charge is 0.444 e. The molecule has 0 unspecified atom stereocenters. The van der Waals surface area contributed by atoms with Crippen LogP contribution in [0.3, 0.4) is 0 Å². The molecular formula is C11H20N4O5S. The van der Waals surface area contributed by atoms with Crippen LogP contribution >= 0.6 is 0 Å². The summed E-state index contributed by atoms with van der Waals surface area (Å²) in [4.78, 5) is 16.1. The Morgan fingerprint density at radius 1 is 1.48 bits per heavy atom. The van der Waals surface area contributed by atoms with E-state index in [9.17, 15) is 13.2 Å². The molecule has 120 valence electrons. The van der Waals surface area contributed by atoms with E-state index in [-0.39, 0.29) is 19.5 Å². The van der Waals surface area contributed by atoms with Crippen LogP contribution in [0.15, 0.2) is 5.11 Å². The maximum absolute atomic E-state index is 12.1. The van der Waals surface area contributed by atoms with Crippen LogP contribution in [0.2, 0.25) is 0 Å². The Hall–Kier alpha value is -1.51. The Labute approximate surface area is 123 Å². The molecule has 0 spiro atoms. The fourth-order valence-corrected chi connectivity index (χ4v) is 2.67. The molecule has 1 heterocycles. The molecule has 0 aromatic rings. The van der Waals surface area contributed by atoms with Crippen LogP contribution in [0.5, 0.6) is 0 Å². The summed E-state index contributed by atoms with van der Waals surface area (Å²) in [6, 6.07) is -0.442. The zero-order valence-corrected chi connectivity index (χ0v) is 13.3. The van der Waals surface area contributed by atoms with Crippen LogP contribution in [-0.4, -0.2) is 56.5 Å². The summed E-state index contributed by atoms with van der Waals surface area (Å²) < 4.78 is 32.5. The monoisotopic (exact) mass is 320 g/mol. The van der Waals surface area contributed by atoms with Gasteiger partial charge in [0.2, 0.25) is 0 Å². The SMILES string of the molecule is CC(C)(C)OC(=O)N1C[C@H](OS(C)(=O)=O)C[C@H]1CN=[N+]=[N-]. The smallest absolute Gasteiger partial charge is 0.410 e. The number of nitrogens with zero attached hydrogens (tertiary/aromatic N) is 4. The molecule has 1 aliphatic rings. The summed E-state index contributed by atoms with van der Waals surface area (Å²) in [7, 11) is -3.62. The zero-order valence-electron chi connectivity index (χ0n) is 12.5. The Morgan fingerprint density at radius 3 is 2.57 bits per heavy atom. The standard InChI is InChI=1S/C11H20N4O5S/c1-11(2,3)19-10(16)15-7-9(20-21(4,17)18)5-8(15)6-13-14-12/h8-9H,5-7H2,1-4H3/t8-,9+/m0/s1. The summed E-state index contributed by atoms with van der Waals surface area (Å²) in [6.45, 7) is 5.31. The number of carbonyl (C=O) groups excluding carboxylic acids is 1. The third kappa shape index (κ3) is 6.19. The van der Waals surface area contributed by atoms with Crippen LogP contribution in [0, 0.1) is 0 Å². The molecule has 2 atom stereocenters. The number of likely N-dealkylation sites (tertiary alicyclic amines) is 1. The summed E-state index contributed by atoms with van der Waals surface area (Å²) in [5.74, 6) is 0. The first-order valence-corrected chi connectivity index (χ1v) is 8.22. The number of ether oxygens (including phenoxy) is 1. The Kier molecular flexibility index (Phi) is 5.43. The van der Waals surface area contributed by atoms with E-state index in [1.54, 1.807) is 20.8 Å². The van der Waals surface area contributed by atoms with Crippen LogP contribution in [-0.2, 0) is 19.0 Å². The molecule has 0 aliphatic carbocycles. The third-order valence-electron chi connectivity index (χ3n) is 2.67. The molecule has 0 aromatic heterocycles. The molecular weight excluding hydrogens is 300 g/mol. The highest BCUT2D eigenvalue weighted by molar-refractivity contribution is 7.86. The Morgan fingerprint density at radius 2 is 2.10 bits per heavy atom. The molecule has 9 nitrogen and oxygen atoms in total. The maximum atomic E-state index is 12.1. The third-order valence-corrected chi connectivity index (χ3v) is 3.29. The van der Waals surface area contributed by atoms with Gasteiger partial charge in [-0.1, -0.05) is 5.11 Å². The molecule has 21 heavy (non-hydrogen) atoms. The lowest BCUT2D eigenvalue weighted by Crippen LogP contribution is -2.41. The first kappa shape index (κ1) is 17.5. The van der Waals surface area contributed by atoms with Crippen molar-refractivity contribution in [1.82, 2.24) is 4.90 Å². The summed E-state index contributed by atoms with van der Waals surface area (Å²) >= 11 is 0. The number of azide groups is 1. The number of carbonyl (C=O) groups is 1. The first-order chi connectivity index (χ1) is 9.52. The van der Waals surface area contributed by atoms with Gasteiger partial charge in [-0.05, 0) is 32.7 Å². The van der Waals surface area contributed by atoms with Gasteiger partial charge >= 0.3 is 6.09 Å². The van der Waals surface area contributed by atoms with Gasteiger partial charge in [0.25, 0.3) is 10.1 Å². The van der Waals surface area contributed by atoms with E-state index in [2.05, 4.69) is 10.0 Å². The van der Waals surface area contributed by atoms with Crippen molar-refractivity contribution in [3.05, 3.63) is 10.4 Å². The van der Waals surface area contributed by atoms with Gasteiger partial charge in [0, 0.05) is 17.5 Å². The van der Waals surface area contributed by atoms with E-state index >= 15 is 0 Å². The second-order valence-corrected chi connectivity index (χ2v) is 7.46. The number of hydrogen-bond donors (Lipinski definition) is 0. The molecule has 1 fully saturated rings. The quantitative estimate of drug-likeness (QED) is 0.337. The maximum Gasteiger partial charge on any atom is 0.410 e. The average molecular weight is 320 g/mol. The highest BCUT2D eigenvalue weighted by Crippen LogP contribution is 2.24. The molecule has 0 N–H and O–H groups in total. The Bertz CT molecular complexity index is 535. The van der Waals surface area contributed by atoms with Gasteiger partial charge in [-0.2, -0.15) is 8.42 Å². The van der Waals surface area contributed by atoms with E-state index in [0.29, 0.717) is 0 Å². The van der Waals surface area contributed by atoms with Crippen LogP contribution in [0.25, 0.3) is 10.4 Å². The van der Waals surface area contributed by atoms with E-state index in [1.807, 2.05) is 0 Å². The van der Waals surface area contributed by atoms with Gasteiger partial charge in [0.15, 0.2) is 0 Å². The van der Waals surface area contributed by atoms with Crippen molar-refractivity contribution in [3.63, 3.8) is 0 Å². The van der Waals surface area contributed by atoms with Gasteiger partial charge < -0.3 is 9.64 Å². The van der Waals surface area contributed by atoms with Gasteiger partial charge in [0.1, 0.15) is 5.60 Å². The summed E-state index contributed by atoms with van der Waals surface area (Å²) in [6.07, 6.45) is -0.0247. The Balaban J connectivity index is 2.82. The average Bonchev–Trinajstić information content (AvgIpc) is 2.64. The highest BCUT2D eigenvalue weighted by Gasteiger charge is 2.39. The summed E-state index contributed by atoms with van der Waals surface area (Å²) in [5.41, 5.74) is 7.72. The van der Waals surface area contributed by atoms with Gasteiger partial charge in [-0.15, -0.1) is 0 Å². The predicted molar refractivity (Wildman–Crippen MR) is 75.1 cm³/mol. The number of hydrogen-bond acceptors (Lipinski definition) is 6. The first-order valence-electron chi connectivity index (χ1n) is 6.40. The lowest BCUT2D eigenvalue weighted by Gasteiger charge is -2.27. The van der Waals surface area contributed by atoms with E-state index in [1.165, 1.54) is 4.90 Å². The lowest BCUT2D eigenvalue weighted by molar-refractivity contribution is 0.0218. The minimum Gasteiger partial charge on any atom is -0.444 e. The fraction of sp³-hybridized carbons (Fsp3) is 0.909. The van der Waals surface area contributed by atoms with Crippen molar-refractivity contribution >= 4 is 16.2 Å². The lowest BCUT2D eigenvalue weighted by atomic mass is 10.2. The van der Waals surface area contributed by atoms with E-state index in [4.69, 9.17) is 14.5 Å². The number of amides is 1. The molecule has 1 aliphatic heterocycles. The van der Waals surface area contributed by atoms with Gasteiger partial charge in [-0.3, -0.25) is 4.18 Å². The highest BCUT2D eigenvalue weighted by atomic mass is 32.2. The minimum absolute atomic E-state index is 0.0410. The van der Waals surface area contributed by atoms with E-state index in [0.717, 1.165) is 6.26 Å². The van der Waals surface area contributed by atoms with Crippen molar-refractivity contribution in [2.45, 2.75) is 44.9 Å². The fourth-order valence-electron chi connectivity index (χ4n) is 2.04. The molecule has 0 aromatic carbocycles. The van der Waals surface area contributed by atoms with Crippen molar-refractivity contribution in [3.8, 4) is 0 Å². The van der Waals surface area contributed by atoms with Crippen LogP contribution < -0.4 is 0 Å². The second kappa shape index (κ2) is 6.50. The molecule has 0 radical (unpaired) electrons. The molecule has 10 heteroatoms. The molecule has 0 bridgehead atoms. The second-order valence-electron chi connectivity index (χ2n) is 5.86. The van der Waals surface area contributed by atoms with Crippen molar-refractivity contribution in [1.29, 1.82) is 0 Å². The number of rotatable bonds is 4. The van der Waals surface area contributed by atoms with Crippen molar-refractivity contribution < 1.29 is 22.1 Å². The normalized spacial score (nSPS) is 22.8. The van der Waals surface area contributed by atoms with Crippen molar-refractivity contribution in [2.75, 3.05) is 19.3 Å². The molecule has 1 saturated heterocycles.